The van der Waals surface area contributed by atoms with Gasteiger partial charge in [-0.15, -0.1) is 0 Å². The Balaban J connectivity index is 2.00. The molecule has 0 aromatic rings. The van der Waals surface area contributed by atoms with E-state index in [1.165, 1.54) is 6.08 Å². The largest absolute Gasteiger partial charge is 0.395 e. The SMILES string of the molecule is C=CC(=O)N1CCC2(CC1)CC2(C#N)CO. The first-order valence-electron chi connectivity index (χ1n) is 5.56. The molecular weight excluding hydrogens is 204 g/mol. The van der Waals surface area contributed by atoms with Crippen LogP contribution in [0.1, 0.15) is 19.3 Å². The second kappa shape index (κ2) is 3.60. The molecule has 0 aromatic carbocycles. The van der Waals surface area contributed by atoms with Crippen molar-refractivity contribution >= 4 is 5.91 Å². The van der Waals surface area contributed by atoms with Crippen LogP contribution in [0, 0.1) is 22.2 Å². The van der Waals surface area contributed by atoms with Crippen molar-refractivity contribution in [1.82, 2.24) is 4.90 Å². The first-order chi connectivity index (χ1) is 7.63. The molecule has 4 heteroatoms. The summed E-state index contributed by atoms with van der Waals surface area (Å²) in [4.78, 5) is 13.2. The highest BCUT2D eigenvalue weighted by atomic mass is 16.3. The number of carbonyl (C=O) groups is 1. The molecule has 0 aromatic heterocycles. The summed E-state index contributed by atoms with van der Waals surface area (Å²) in [5, 5.41) is 18.4. The Morgan fingerprint density at radius 3 is 2.56 bits per heavy atom. The summed E-state index contributed by atoms with van der Waals surface area (Å²) in [6.07, 6.45) is 3.75. The number of aliphatic hydroxyl groups excluding tert-OH is 1. The molecule has 4 nitrogen and oxygen atoms in total. The van der Waals surface area contributed by atoms with Gasteiger partial charge in [-0.25, -0.2) is 0 Å². The Kier molecular flexibility index (Phi) is 2.51. The molecule has 1 unspecified atom stereocenters. The van der Waals surface area contributed by atoms with Crippen molar-refractivity contribution < 1.29 is 9.90 Å². The van der Waals surface area contributed by atoms with Gasteiger partial charge in [-0.2, -0.15) is 5.26 Å². The first kappa shape index (κ1) is 11.2. The third-order valence-electron chi connectivity index (χ3n) is 4.22. The lowest BCUT2D eigenvalue weighted by molar-refractivity contribution is -0.127. The lowest BCUT2D eigenvalue weighted by Gasteiger charge is -2.33. The molecule has 0 radical (unpaired) electrons. The number of hydrogen-bond acceptors (Lipinski definition) is 3. The highest BCUT2D eigenvalue weighted by molar-refractivity contribution is 5.87. The smallest absolute Gasteiger partial charge is 0.245 e. The second-order valence-electron chi connectivity index (χ2n) is 4.84. The maximum atomic E-state index is 11.4. The third-order valence-corrected chi connectivity index (χ3v) is 4.22. The van der Waals surface area contributed by atoms with Gasteiger partial charge in [-0.3, -0.25) is 4.79 Å². The van der Waals surface area contributed by atoms with Crippen molar-refractivity contribution in [2.45, 2.75) is 19.3 Å². The number of nitrogens with zero attached hydrogens (tertiary/aromatic N) is 2. The van der Waals surface area contributed by atoms with Crippen LogP contribution < -0.4 is 0 Å². The number of carbonyl (C=O) groups excluding carboxylic acids is 1. The summed E-state index contributed by atoms with van der Waals surface area (Å²) < 4.78 is 0. The fourth-order valence-electron chi connectivity index (χ4n) is 2.89. The number of hydrogen-bond donors (Lipinski definition) is 1. The van der Waals surface area contributed by atoms with Crippen LogP contribution >= 0.6 is 0 Å². The number of likely N-dealkylation sites (tertiary alicyclic amines) is 1. The second-order valence-corrected chi connectivity index (χ2v) is 4.84. The summed E-state index contributed by atoms with van der Waals surface area (Å²) in [5.74, 6) is -0.0398. The van der Waals surface area contributed by atoms with Crippen LogP contribution in [-0.2, 0) is 4.79 Å². The summed E-state index contributed by atoms with van der Waals surface area (Å²) >= 11 is 0. The molecule has 2 rings (SSSR count). The minimum atomic E-state index is -0.531. The normalized spacial score (nSPS) is 30.9. The zero-order valence-electron chi connectivity index (χ0n) is 9.28. The van der Waals surface area contributed by atoms with E-state index < -0.39 is 5.41 Å². The molecule has 2 aliphatic rings. The van der Waals surface area contributed by atoms with Gasteiger partial charge in [0.1, 0.15) is 0 Å². The standard InChI is InChI=1S/C12H16N2O2/c1-2-10(16)14-5-3-11(4-6-14)7-12(11,8-13)9-15/h2,15H,1,3-7,9H2. The van der Waals surface area contributed by atoms with E-state index >= 15 is 0 Å². The predicted molar refractivity (Wildman–Crippen MR) is 58.2 cm³/mol. The Labute approximate surface area is 95.2 Å². The maximum Gasteiger partial charge on any atom is 0.245 e. The van der Waals surface area contributed by atoms with Crippen molar-refractivity contribution in [2.24, 2.45) is 10.8 Å². The van der Waals surface area contributed by atoms with Crippen molar-refractivity contribution in [2.75, 3.05) is 19.7 Å². The number of rotatable bonds is 2. The molecule has 1 N–H and O–H groups in total. The van der Waals surface area contributed by atoms with Gasteiger partial charge < -0.3 is 10.0 Å². The molecule has 1 atom stereocenters. The minimum absolute atomic E-state index is 0.0333. The number of nitriles is 1. The van der Waals surface area contributed by atoms with E-state index in [4.69, 9.17) is 5.26 Å². The molecule has 1 spiro atoms. The van der Waals surface area contributed by atoms with Gasteiger partial charge in [0.15, 0.2) is 0 Å². The zero-order valence-corrected chi connectivity index (χ0v) is 9.28. The molecule has 2 fully saturated rings. The Bertz CT molecular complexity index is 364. The molecule has 1 saturated carbocycles. The quantitative estimate of drug-likeness (QED) is 0.696. The lowest BCUT2D eigenvalue weighted by Crippen LogP contribution is -2.40. The van der Waals surface area contributed by atoms with E-state index in [9.17, 15) is 9.90 Å². The fraction of sp³-hybridized carbons (Fsp3) is 0.667. The van der Waals surface area contributed by atoms with Gasteiger partial charge in [0.25, 0.3) is 0 Å². The van der Waals surface area contributed by atoms with Crippen molar-refractivity contribution in [1.29, 1.82) is 5.26 Å². The Hall–Kier alpha value is -1.34. The van der Waals surface area contributed by atoms with Crippen LogP contribution in [0.2, 0.25) is 0 Å². The first-order valence-corrected chi connectivity index (χ1v) is 5.56. The van der Waals surface area contributed by atoms with E-state index in [-0.39, 0.29) is 17.9 Å². The summed E-state index contributed by atoms with van der Waals surface area (Å²) in [6, 6.07) is 2.25. The fourth-order valence-corrected chi connectivity index (χ4v) is 2.89. The van der Waals surface area contributed by atoms with Gasteiger partial charge in [0.05, 0.1) is 18.1 Å². The van der Waals surface area contributed by atoms with Crippen LogP contribution in [-0.4, -0.2) is 35.6 Å². The molecule has 1 heterocycles. The van der Waals surface area contributed by atoms with E-state index in [1.54, 1.807) is 4.90 Å². The van der Waals surface area contributed by atoms with Gasteiger partial charge in [0.2, 0.25) is 5.91 Å². The topological polar surface area (TPSA) is 64.3 Å². The zero-order chi connectivity index (χ0) is 11.8. The summed E-state index contributed by atoms with van der Waals surface area (Å²) in [7, 11) is 0. The maximum absolute atomic E-state index is 11.4. The van der Waals surface area contributed by atoms with Gasteiger partial charge in [0, 0.05) is 13.1 Å². The minimum Gasteiger partial charge on any atom is -0.395 e. The lowest BCUT2D eigenvalue weighted by atomic mass is 9.85. The van der Waals surface area contributed by atoms with E-state index in [1.807, 2.05) is 0 Å². The van der Waals surface area contributed by atoms with Crippen LogP contribution in [0.4, 0.5) is 0 Å². The average Bonchev–Trinajstić information content (AvgIpc) is 2.97. The summed E-state index contributed by atoms with van der Waals surface area (Å²) in [6.45, 7) is 4.76. The molecule has 1 aliphatic heterocycles. The van der Waals surface area contributed by atoms with Gasteiger partial charge >= 0.3 is 0 Å². The van der Waals surface area contributed by atoms with Crippen LogP contribution in [0.25, 0.3) is 0 Å². The molecule has 1 aliphatic carbocycles. The molecule has 16 heavy (non-hydrogen) atoms. The van der Waals surface area contributed by atoms with Crippen LogP contribution in [0.5, 0.6) is 0 Å². The average molecular weight is 220 g/mol. The molecular formula is C12H16N2O2. The molecule has 86 valence electrons. The van der Waals surface area contributed by atoms with Gasteiger partial charge in [-0.1, -0.05) is 6.58 Å². The Morgan fingerprint density at radius 2 is 2.19 bits per heavy atom. The van der Waals surface area contributed by atoms with Crippen LogP contribution in [0.3, 0.4) is 0 Å². The van der Waals surface area contributed by atoms with Crippen molar-refractivity contribution in [3.8, 4) is 6.07 Å². The molecule has 0 bridgehead atoms. The van der Waals surface area contributed by atoms with Crippen molar-refractivity contribution in [3.05, 3.63) is 12.7 Å². The monoisotopic (exact) mass is 220 g/mol. The summed E-state index contributed by atoms with van der Waals surface area (Å²) in [5.41, 5.74) is -0.565. The molecule has 1 saturated heterocycles. The number of amides is 1. The van der Waals surface area contributed by atoms with Gasteiger partial charge in [-0.05, 0) is 30.8 Å². The van der Waals surface area contributed by atoms with Crippen LogP contribution in [0.15, 0.2) is 12.7 Å². The van der Waals surface area contributed by atoms with E-state index in [0.29, 0.717) is 13.1 Å². The van der Waals surface area contributed by atoms with Crippen molar-refractivity contribution in [3.63, 3.8) is 0 Å². The molecule has 1 amide bonds. The highest BCUT2D eigenvalue weighted by Crippen LogP contribution is 2.68. The highest BCUT2D eigenvalue weighted by Gasteiger charge is 2.67. The number of aliphatic hydroxyl groups is 1. The number of piperidine rings is 1. The predicted octanol–water partition coefficient (Wildman–Crippen LogP) is 0.687. The Morgan fingerprint density at radius 1 is 1.56 bits per heavy atom. The van der Waals surface area contributed by atoms with E-state index in [0.717, 1.165) is 19.3 Å². The van der Waals surface area contributed by atoms with E-state index in [2.05, 4.69) is 12.6 Å². The third kappa shape index (κ3) is 1.35.